The van der Waals surface area contributed by atoms with Crippen molar-refractivity contribution in [3.63, 3.8) is 0 Å². The molecule has 0 aromatic heterocycles. The van der Waals surface area contributed by atoms with Gasteiger partial charge >= 0.3 is 5.97 Å². The molecule has 0 radical (unpaired) electrons. The topological polar surface area (TPSA) is 49.3 Å². The Labute approximate surface area is 104 Å². The van der Waals surface area contributed by atoms with Gasteiger partial charge < -0.3 is 10.4 Å². The third kappa shape index (κ3) is 3.23. The number of carboxylic acid groups (broad SMARTS) is 1. The maximum Gasteiger partial charge on any atom is 0.310 e. The highest BCUT2D eigenvalue weighted by Gasteiger charge is 2.26. The lowest BCUT2D eigenvalue weighted by atomic mass is 9.94. The summed E-state index contributed by atoms with van der Waals surface area (Å²) in [5.74, 6) is -0.800. The van der Waals surface area contributed by atoms with Crippen molar-refractivity contribution in [3.05, 3.63) is 28.2 Å². The quantitative estimate of drug-likeness (QED) is 0.893. The second-order valence-corrected chi connectivity index (χ2v) is 5.36. The summed E-state index contributed by atoms with van der Waals surface area (Å²) in [6.07, 6.45) is 0. The Morgan fingerprint density at radius 3 is 2.62 bits per heavy atom. The largest absolute Gasteiger partial charge is 0.481 e. The number of benzene rings is 1. The van der Waals surface area contributed by atoms with Crippen LogP contribution in [0.1, 0.15) is 19.4 Å². The van der Waals surface area contributed by atoms with Crippen molar-refractivity contribution < 1.29 is 9.90 Å². The average molecular weight is 286 g/mol. The number of nitrogens with one attached hydrogen (secondary N) is 1. The molecule has 3 nitrogen and oxygen atoms in total. The normalized spacial score (nSPS) is 11.2. The molecule has 0 spiro atoms. The standard InChI is InChI=1S/C12H16BrNO2/c1-8-4-5-9(6-10(8)13)14-7-12(2,3)11(15)16/h4-6,14H,7H2,1-3H3,(H,15,16). The minimum atomic E-state index is -0.800. The molecular weight excluding hydrogens is 270 g/mol. The summed E-state index contributed by atoms with van der Waals surface area (Å²) < 4.78 is 1.02. The first kappa shape index (κ1) is 13.0. The SMILES string of the molecule is Cc1ccc(NCC(C)(C)C(=O)O)cc1Br. The van der Waals surface area contributed by atoms with Gasteiger partial charge in [0.2, 0.25) is 0 Å². The van der Waals surface area contributed by atoms with Gasteiger partial charge in [-0.3, -0.25) is 4.79 Å². The summed E-state index contributed by atoms with van der Waals surface area (Å²) in [6, 6.07) is 5.88. The van der Waals surface area contributed by atoms with Gasteiger partial charge in [0.25, 0.3) is 0 Å². The molecule has 0 atom stereocenters. The van der Waals surface area contributed by atoms with Crippen molar-refractivity contribution in [2.24, 2.45) is 5.41 Å². The number of hydrogen-bond donors (Lipinski definition) is 2. The number of hydrogen-bond acceptors (Lipinski definition) is 2. The lowest BCUT2D eigenvalue weighted by Crippen LogP contribution is -2.31. The molecule has 0 heterocycles. The van der Waals surface area contributed by atoms with Crippen molar-refractivity contribution in [1.82, 2.24) is 0 Å². The molecule has 1 rings (SSSR count). The Kier molecular flexibility index (Phi) is 3.97. The molecule has 0 unspecified atom stereocenters. The first-order valence-corrected chi connectivity index (χ1v) is 5.85. The molecule has 0 amide bonds. The Morgan fingerprint density at radius 1 is 1.50 bits per heavy atom. The van der Waals surface area contributed by atoms with E-state index in [0.717, 1.165) is 15.7 Å². The molecule has 0 aliphatic heterocycles. The van der Waals surface area contributed by atoms with E-state index in [-0.39, 0.29) is 0 Å². The highest BCUT2D eigenvalue weighted by molar-refractivity contribution is 9.10. The molecule has 0 aliphatic rings. The highest BCUT2D eigenvalue weighted by atomic mass is 79.9. The van der Waals surface area contributed by atoms with Gasteiger partial charge in [-0.1, -0.05) is 22.0 Å². The summed E-state index contributed by atoms with van der Waals surface area (Å²) >= 11 is 3.44. The van der Waals surface area contributed by atoms with Crippen LogP contribution in [-0.2, 0) is 4.79 Å². The molecule has 2 N–H and O–H groups in total. The van der Waals surface area contributed by atoms with Crippen LogP contribution in [0.5, 0.6) is 0 Å². The van der Waals surface area contributed by atoms with Crippen molar-refractivity contribution in [2.45, 2.75) is 20.8 Å². The van der Waals surface area contributed by atoms with Crippen LogP contribution in [0.4, 0.5) is 5.69 Å². The molecule has 1 aromatic rings. The third-order valence-corrected chi connectivity index (χ3v) is 3.34. The fourth-order valence-corrected chi connectivity index (χ4v) is 1.48. The molecular formula is C12H16BrNO2. The van der Waals surface area contributed by atoms with Crippen LogP contribution in [0.3, 0.4) is 0 Å². The maximum absolute atomic E-state index is 10.9. The van der Waals surface area contributed by atoms with E-state index in [0.29, 0.717) is 6.54 Å². The van der Waals surface area contributed by atoms with Gasteiger partial charge in [0, 0.05) is 16.7 Å². The molecule has 16 heavy (non-hydrogen) atoms. The zero-order valence-electron chi connectivity index (χ0n) is 9.67. The number of carboxylic acids is 1. The Morgan fingerprint density at radius 2 is 2.12 bits per heavy atom. The number of aliphatic carboxylic acids is 1. The number of anilines is 1. The molecule has 4 heteroatoms. The average Bonchev–Trinajstić information content (AvgIpc) is 2.20. The van der Waals surface area contributed by atoms with Crippen molar-refractivity contribution in [2.75, 3.05) is 11.9 Å². The zero-order chi connectivity index (χ0) is 12.3. The van der Waals surface area contributed by atoms with Crippen LogP contribution >= 0.6 is 15.9 Å². The van der Waals surface area contributed by atoms with E-state index in [2.05, 4.69) is 21.2 Å². The molecule has 0 aliphatic carbocycles. The third-order valence-electron chi connectivity index (χ3n) is 2.49. The first-order valence-electron chi connectivity index (χ1n) is 5.06. The second kappa shape index (κ2) is 4.87. The van der Waals surface area contributed by atoms with E-state index < -0.39 is 11.4 Å². The lowest BCUT2D eigenvalue weighted by Gasteiger charge is -2.20. The van der Waals surface area contributed by atoms with Crippen molar-refractivity contribution in [1.29, 1.82) is 0 Å². The van der Waals surface area contributed by atoms with Gasteiger partial charge in [0.1, 0.15) is 0 Å². The molecule has 0 saturated carbocycles. The van der Waals surface area contributed by atoms with E-state index >= 15 is 0 Å². The summed E-state index contributed by atoms with van der Waals surface area (Å²) in [4.78, 5) is 10.9. The number of rotatable bonds is 4. The van der Waals surface area contributed by atoms with Crippen LogP contribution in [0.25, 0.3) is 0 Å². The molecule has 0 fully saturated rings. The summed E-state index contributed by atoms with van der Waals surface area (Å²) in [5, 5.41) is 12.1. The summed E-state index contributed by atoms with van der Waals surface area (Å²) in [5.41, 5.74) is 1.31. The van der Waals surface area contributed by atoms with Crippen molar-refractivity contribution >= 4 is 27.6 Å². The minimum absolute atomic E-state index is 0.401. The van der Waals surface area contributed by atoms with Crippen LogP contribution in [0.15, 0.2) is 22.7 Å². The van der Waals surface area contributed by atoms with Crippen LogP contribution in [0, 0.1) is 12.3 Å². The second-order valence-electron chi connectivity index (χ2n) is 4.51. The first-order chi connectivity index (χ1) is 7.33. The van der Waals surface area contributed by atoms with E-state index in [9.17, 15) is 4.79 Å². The Hall–Kier alpha value is -1.03. The van der Waals surface area contributed by atoms with E-state index in [1.54, 1.807) is 13.8 Å². The summed E-state index contributed by atoms with van der Waals surface area (Å²) in [6.45, 7) is 5.81. The Balaban J connectivity index is 2.68. The maximum atomic E-state index is 10.9. The molecule has 0 saturated heterocycles. The molecule has 88 valence electrons. The number of aryl methyl sites for hydroxylation is 1. The van der Waals surface area contributed by atoms with Gasteiger partial charge in [-0.25, -0.2) is 0 Å². The number of carbonyl (C=O) groups is 1. The number of halogens is 1. The zero-order valence-corrected chi connectivity index (χ0v) is 11.3. The smallest absolute Gasteiger partial charge is 0.310 e. The summed E-state index contributed by atoms with van der Waals surface area (Å²) in [7, 11) is 0. The van der Waals surface area contributed by atoms with E-state index in [1.165, 1.54) is 0 Å². The van der Waals surface area contributed by atoms with Crippen LogP contribution < -0.4 is 5.32 Å². The van der Waals surface area contributed by atoms with Crippen molar-refractivity contribution in [3.8, 4) is 0 Å². The predicted molar refractivity (Wildman–Crippen MR) is 68.8 cm³/mol. The van der Waals surface area contributed by atoms with Gasteiger partial charge in [0.15, 0.2) is 0 Å². The molecule has 1 aromatic carbocycles. The highest BCUT2D eigenvalue weighted by Crippen LogP contribution is 2.22. The van der Waals surface area contributed by atoms with E-state index in [4.69, 9.17) is 5.11 Å². The van der Waals surface area contributed by atoms with Gasteiger partial charge in [0.05, 0.1) is 5.41 Å². The Bertz CT molecular complexity index is 402. The van der Waals surface area contributed by atoms with Crippen LogP contribution in [-0.4, -0.2) is 17.6 Å². The monoisotopic (exact) mass is 285 g/mol. The molecule has 0 bridgehead atoms. The predicted octanol–water partition coefficient (Wildman–Crippen LogP) is 3.28. The fraction of sp³-hybridized carbons (Fsp3) is 0.417. The van der Waals surface area contributed by atoms with Gasteiger partial charge in [-0.15, -0.1) is 0 Å². The van der Waals surface area contributed by atoms with E-state index in [1.807, 2.05) is 25.1 Å². The minimum Gasteiger partial charge on any atom is -0.481 e. The van der Waals surface area contributed by atoms with Crippen LogP contribution in [0.2, 0.25) is 0 Å². The fourth-order valence-electron chi connectivity index (χ4n) is 1.10. The van der Waals surface area contributed by atoms with Gasteiger partial charge in [-0.2, -0.15) is 0 Å². The van der Waals surface area contributed by atoms with Gasteiger partial charge in [-0.05, 0) is 38.5 Å². The lowest BCUT2D eigenvalue weighted by molar-refractivity contribution is -0.146.